The first-order valence-corrected chi connectivity index (χ1v) is 11.6. The van der Waals surface area contributed by atoms with Gasteiger partial charge in [-0.25, -0.2) is 18.1 Å². The molecule has 1 N–H and O–H groups in total. The minimum Gasteiger partial charge on any atom is -0.493 e. The Bertz CT molecular complexity index is 1130. The third-order valence-electron chi connectivity index (χ3n) is 5.03. The molecule has 0 aliphatic rings. The Morgan fingerprint density at radius 2 is 1.81 bits per heavy atom. The van der Waals surface area contributed by atoms with Gasteiger partial charge in [-0.05, 0) is 51.3 Å². The first-order chi connectivity index (χ1) is 14.9. The predicted octanol–water partition coefficient (Wildman–Crippen LogP) is 2.53. The molecule has 0 radical (unpaired) electrons. The number of ether oxygens (including phenoxy) is 2. The smallest absolute Gasteiger partial charge is 0.240 e. The van der Waals surface area contributed by atoms with Crippen molar-refractivity contribution < 1.29 is 17.9 Å². The Morgan fingerprint density at radius 1 is 1.06 bits per heavy atom. The summed E-state index contributed by atoms with van der Waals surface area (Å²) < 4.78 is 40.8. The molecule has 31 heavy (non-hydrogen) atoms. The van der Waals surface area contributed by atoms with Crippen LogP contribution in [0.4, 0.5) is 0 Å². The highest BCUT2D eigenvalue weighted by atomic mass is 32.2. The van der Waals surface area contributed by atoms with E-state index in [-0.39, 0.29) is 11.4 Å². The lowest BCUT2D eigenvalue weighted by Gasteiger charge is -2.13. The Kier molecular flexibility index (Phi) is 7.53. The molecule has 0 atom stereocenters. The van der Waals surface area contributed by atoms with Gasteiger partial charge in [0.1, 0.15) is 5.82 Å². The zero-order valence-corrected chi connectivity index (χ0v) is 19.3. The Labute approximate surface area is 183 Å². The lowest BCUT2D eigenvalue weighted by molar-refractivity contribution is 0.354. The van der Waals surface area contributed by atoms with E-state index in [4.69, 9.17) is 14.5 Å². The first kappa shape index (κ1) is 23.1. The van der Waals surface area contributed by atoms with Crippen LogP contribution >= 0.6 is 0 Å². The quantitative estimate of drug-likeness (QED) is 0.487. The summed E-state index contributed by atoms with van der Waals surface area (Å²) in [5.74, 6) is 1.72. The minimum absolute atomic E-state index is 0.129. The molecule has 0 bridgehead atoms. The van der Waals surface area contributed by atoms with E-state index in [2.05, 4.69) is 34.4 Å². The number of sulfonamides is 1. The van der Waals surface area contributed by atoms with Crippen LogP contribution in [-0.4, -0.2) is 64.3 Å². The van der Waals surface area contributed by atoms with E-state index in [1.54, 1.807) is 6.07 Å². The van der Waals surface area contributed by atoms with Crippen molar-refractivity contribution in [2.75, 3.05) is 41.4 Å². The Hall–Kier alpha value is -2.62. The van der Waals surface area contributed by atoms with Gasteiger partial charge in [0.15, 0.2) is 11.5 Å². The molecular formula is C22H30N4O4S. The van der Waals surface area contributed by atoms with E-state index in [9.17, 15) is 8.42 Å². The molecule has 0 spiro atoms. The van der Waals surface area contributed by atoms with Crippen molar-refractivity contribution in [3.05, 3.63) is 48.3 Å². The molecular weight excluding hydrogens is 416 g/mol. The lowest BCUT2D eigenvalue weighted by Crippen LogP contribution is -2.27. The summed E-state index contributed by atoms with van der Waals surface area (Å²) in [6.07, 6.45) is 1.47. The number of nitrogens with one attached hydrogen (secondary N) is 1. The number of para-hydroxylation sites is 2. The van der Waals surface area contributed by atoms with Gasteiger partial charge in [-0.3, -0.25) is 0 Å². The molecule has 0 unspecified atom stereocenters. The van der Waals surface area contributed by atoms with Gasteiger partial charge in [0.05, 0.1) is 30.1 Å². The van der Waals surface area contributed by atoms with Crippen LogP contribution < -0.4 is 14.2 Å². The van der Waals surface area contributed by atoms with Gasteiger partial charge >= 0.3 is 0 Å². The Morgan fingerprint density at radius 3 is 2.52 bits per heavy atom. The van der Waals surface area contributed by atoms with Crippen molar-refractivity contribution in [2.45, 2.75) is 24.3 Å². The number of aryl methyl sites for hydroxylation is 1. The van der Waals surface area contributed by atoms with Crippen LogP contribution in [0.5, 0.6) is 11.5 Å². The molecule has 0 saturated carbocycles. The number of rotatable bonds is 11. The normalized spacial score (nSPS) is 11.9. The standard InChI is InChI=1S/C22H30N4O4S/c1-25(2)14-7-15-26-19-9-6-5-8-18(19)24-22(26)12-13-23-31(27,28)17-10-11-20(29-3)21(16-17)30-4/h5-6,8-11,16,23H,7,12-15H2,1-4H3. The third kappa shape index (κ3) is 5.55. The second-order valence-corrected chi connectivity index (χ2v) is 9.26. The summed E-state index contributed by atoms with van der Waals surface area (Å²) in [5.41, 5.74) is 1.99. The minimum atomic E-state index is -3.69. The van der Waals surface area contributed by atoms with E-state index >= 15 is 0 Å². The van der Waals surface area contributed by atoms with Crippen LogP contribution in [0, 0.1) is 0 Å². The average Bonchev–Trinajstić information content (AvgIpc) is 3.10. The summed E-state index contributed by atoms with van der Waals surface area (Å²) in [4.78, 5) is 7.01. The van der Waals surface area contributed by atoms with Crippen LogP contribution in [-0.2, 0) is 23.0 Å². The summed E-state index contributed by atoms with van der Waals surface area (Å²) in [7, 11) is 3.40. The summed E-state index contributed by atoms with van der Waals surface area (Å²) in [6, 6.07) is 12.5. The number of imidazole rings is 1. The molecule has 0 fully saturated rings. The third-order valence-corrected chi connectivity index (χ3v) is 6.49. The van der Waals surface area contributed by atoms with Crippen LogP contribution in [0.1, 0.15) is 12.2 Å². The van der Waals surface area contributed by atoms with Crippen molar-refractivity contribution >= 4 is 21.1 Å². The zero-order chi connectivity index (χ0) is 22.4. The highest BCUT2D eigenvalue weighted by Crippen LogP contribution is 2.29. The van der Waals surface area contributed by atoms with E-state index in [1.165, 1.54) is 26.4 Å². The molecule has 1 aromatic heterocycles. The zero-order valence-electron chi connectivity index (χ0n) is 18.5. The molecule has 8 nitrogen and oxygen atoms in total. The van der Waals surface area contributed by atoms with Crippen LogP contribution in [0.3, 0.4) is 0 Å². The van der Waals surface area contributed by atoms with Gasteiger partial charge in [0.25, 0.3) is 0 Å². The Balaban J connectivity index is 1.73. The molecule has 0 aliphatic carbocycles. The summed E-state index contributed by atoms with van der Waals surface area (Å²) in [6.45, 7) is 2.04. The maximum absolute atomic E-state index is 12.8. The maximum atomic E-state index is 12.8. The van der Waals surface area contributed by atoms with E-state index in [1.807, 2.05) is 18.2 Å². The van der Waals surface area contributed by atoms with Gasteiger partial charge in [-0.15, -0.1) is 0 Å². The molecule has 9 heteroatoms. The molecule has 3 rings (SSSR count). The molecule has 2 aromatic carbocycles. The van der Waals surface area contributed by atoms with Crippen LogP contribution in [0.2, 0.25) is 0 Å². The monoisotopic (exact) mass is 446 g/mol. The number of nitrogens with zero attached hydrogens (tertiary/aromatic N) is 3. The van der Waals surface area contributed by atoms with E-state index < -0.39 is 10.0 Å². The number of hydrogen-bond donors (Lipinski definition) is 1. The summed E-state index contributed by atoms with van der Waals surface area (Å²) >= 11 is 0. The number of benzene rings is 2. The summed E-state index contributed by atoms with van der Waals surface area (Å²) in [5, 5.41) is 0. The van der Waals surface area contributed by atoms with Crippen LogP contribution in [0.25, 0.3) is 11.0 Å². The highest BCUT2D eigenvalue weighted by Gasteiger charge is 2.18. The van der Waals surface area contributed by atoms with E-state index in [0.29, 0.717) is 17.9 Å². The fourth-order valence-corrected chi connectivity index (χ4v) is 4.52. The van der Waals surface area contributed by atoms with E-state index in [0.717, 1.165) is 36.4 Å². The van der Waals surface area contributed by atoms with Gasteiger partial charge < -0.3 is 18.9 Å². The second kappa shape index (κ2) is 10.1. The maximum Gasteiger partial charge on any atom is 0.240 e. The van der Waals surface area contributed by atoms with Gasteiger partial charge in [-0.1, -0.05) is 12.1 Å². The number of aromatic nitrogens is 2. The highest BCUT2D eigenvalue weighted by molar-refractivity contribution is 7.89. The molecule has 0 aliphatic heterocycles. The molecule has 1 heterocycles. The largest absolute Gasteiger partial charge is 0.493 e. The topological polar surface area (TPSA) is 85.7 Å². The van der Waals surface area contributed by atoms with Gasteiger partial charge in [0, 0.05) is 25.6 Å². The number of fused-ring (bicyclic) bond motifs is 1. The number of methoxy groups -OCH3 is 2. The second-order valence-electron chi connectivity index (χ2n) is 7.49. The van der Waals surface area contributed by atoms with Crippen molar-refractivity contribution in [3.8, 4) is 11.5 Å². The van der Waals surface area contributed by atoms with Crippen molar-refractivity contribution in [3.63, 3.8) is 0 Å². The average molecular weight is 447 g/mol. The fourth-order valence-electron chi connectivity index (χ4n) is 3.48. The van der Waals surface area contributed by atoms with Gasteiger partial charge in [-0.2, -0.15) is 0 Å². The molecule has 0 saturated heterocycles. The van der Waals surface area contributed by atoms with Crippen molar-refractivity contribution in [1.82, 2.24) is 19.2 Å². The fraction of sp³-hybridized carbons (Fsp3) is 0.409. The molecule has 0 amide bonds. The van der Waals surface area contributed by atoms with Crippen molar-refractivity contribution in [1.29, 1.82) is 0 Å². The SMILES string of the molecule is COc1ccc(S(=O)(=O)NCCc2nc3ccccc3n2CCCN(C)C)cc1OC. The number of hydrogen-bond acceptors (Lipinski definition) is 6. The van der Waals surface area contributed by atoms with Gasteiger partial charge in [0.2, 0.25) is 10.0 Å². The predicted molar refractivity (Wildman–Crippen MR) is 121 cm³/mol. The van der Waals surface area contributed by atoms with Crippen molar-refractivity contribution in [2.24, 2.45) is 0 Å². The molecule has 3 aromatic rings. The lowest BCUT2D eigenvalue weighted by atomic mass is 10.3. The van der Waals surface area contributed by atoms with Crippen LogP contribution in [0.15, 0.2) is 47.4 Å². The molecule has 168 valence electrons. The first-order valence-electron chi connectivity index (χ1n) is 10.2.